The van der Waals surface area contributed by atoms with Crippen molar-refractivity contribution < 1.29 is 4.74 Å². The molecule has 0 aromatic rings. The number of methoxy groups -OCH3 is 1. The zero-order chi connectivity index (χ0) is 7.11. The molecule has 0 aliphatic carbocycles. The maximum absolute atomic E-state index is 5.10. The van der Waals surface area contributed by atoms with Gasteiger partial charge in [0.15, 0.2) is 0 Å². The Hall–Kier alpha value is -0.0400. The smallest absolute Gasteiger partial charge is 0.0543 e. The average molecular weight is 130 g/mol. The molecule has 0 fully saturated rings. The van der Waals surface area contributed by atoms with Crippen LogP contribution in [0.4, 0.5) is 0 Å². The van der Waals surface area contributed by atoms with Crippen LogP contribution in [0.3, 0.4) is 0 Å². The van der Waals surface area contributed by atoms with Crippen LogP contribution in [0.25, 0.3) is 0 Å². The minimum atomic E-state index is 0.455. The standard InChI is InChI=1S/C8H18O/c1-4-5-6-7-8(2)9-3/h8H,4-7H2,1-3H3/t8-/m1/s1. The quantitative estimate of drug-likeness (QED) is 0.520. The first-order chi connectivity index (χ1) is 4.31. The van der Waals surface area contributed by atoms with E-state index in [0.29, 0.717) is 6.10 Å². The van der Waals surface area contributed by atoms with Gasteiger partial charge in [-0.1, -0.05) is 26.2 Å². The highest BCUT2D eigenvalue weighted by atomic mass is 16.5. The Bertz CT molecular complexity index is 52.5. The van der Waals surface area contributed by atoms with Crippen molar-refractivity contribution in [3.63, 3.8) is 0 Å². The van der Waals surface area contributed by atoms with Gasteiger partial charge < -0.3 is 4.74 Å². The van der Waals surface area contributed by atoms with Crippen molar-refractivity contribution in [2.45, 2.75) is 45.6 Å². The Morgan fingerprint density at radius 2 is 2.00 bits per heavy atom. The second kappa shape index (κ2) is 6.09. The number of hydrogen-bond donors (Lipinski definition) is 0. The molecule has 1 heteroatoms. The first-order valence-electron chi connectivity index (χ1n) is 3.84. The molecule has 0 aliphatic rings. The van der Waals surface area contributed by atoms with Crippen molar-refractivity contribution in [2.75, 3.05) is 7.11 Å². The predicted molar refractivity (Wildman–Crippen MR) is 40.6 cm³/mol. The van der Waals surface area contributed by atoms with Crippen molar-refractivity contribution in [3.05, 3.63) is 0 Å². The van der Waals surface area contributed by atoms with Crippen molar-refractivity contribution in [3.8, 4) is 0 Å². The van der Waals surface area contributed by atoms with Crippen LogP contribution in [0.15, 0.2) is 0 Å². The van der Waals surface area contributed by atoms with Crippen molar-refractivity contribution in [1.82, 2.24) is 0 Å². The van der Waals surface area contributed by atoms with Crippen LogP contribution >= 0.6 is 0 Å². The van der Waals surface area contributed by atoms with Gasteiger partial charge in [-0.15, -0.1) is 0 Å². The third-order valence-corrected chi connectivity index (χ3v) is 1.62. The minimum Gasteiger partial charge on any atom is -0.382 e. The summed E-state index contributed by atoms with van der Waals surface area (Å²) in [4.78, 5) is 0. The SMILES string of the molecule is CCCCC[C@@H](C)OC. The average Bonchev–Trinajstić information content (AvgIpc) is 1.89. The molecule has 0 aromatic carbocycles. The summed E-state index contributed by atoms with van der Waals surface area (Å²) in [7, 11) is 1.77. The van der Waals surface area contributed by atoms with Gasteiger partial charge >= 0.3 is 0 Å². The normalized spacial score (nSPS) is 13.7. The molecule has 0 aromatic heterocycles. The second-order valence-corrected chi connectivity index (χ2v) is 2.54. The molecule has 0 bridgehead atoms. The van der Waals surface area contributed by atoms with E-state index >= 15 is 0 Å². The van der Waals surface area contributed by atoms with Gasteiger partial charge in [0, 0.05) is 7.11 Å². The van der Waals surface area contributed by atoms with Gasteiger partial charge in [0.05, 0.1) is 6.10 Å². The molecule has 0 radical (unpaired) electrons. The molecule has 0 rings (SSSR count). The molecule has 1 nitrogen and oxygen atoms in total. The molecule has 9 heavy (non-hydrogen) atoms. The van der Waals surface area contributed by atoms with Gasteiger partial charge in [0.2, 0.25) is 0 Å². The first-order valence-corrected chi connectivity index (χ1v) is 3.84. The van der Waals surface area contributed by atoms with E-state index in [1.807, 2.05) is 0 Å². The lowest BCUT2D eigenvalue weighted by molar-refractivity contribution is 0.108. The molecule has 0 unspecified atom stereocenters. The van der Waals surface area contributed by atoms with E-state index in [0.717, 1.165) is 0 Å². The molecule has 0 amide bonds. The molecule has 0 spiro atoms. The first kappa shape index (κ1) is 8.96. The summed E-state index contributed by atoms with van der Waals surface area (Å²) in [5, 5.41) is 0. The van der Waals surface area contributed by atoms with Crippen molar-refractivity contribution in [2.24, 2.45) is 0 Å². The summed E-state index contributed by atoms with van der Waals surface area (Å²) >= 11 is 0. The molecular weight excluding hydrogens is 112 g/mol. The Labute approximate surface area is 58.4 Å². The third kappa shape index (κ3) is 5.84. The summed E-state index contributed by atoms with van der Waals surface area (Å²) in [5.41, 5.74) is 0. The lowest BCUT2D eigenvalue weighted by Crippen LogP contribution is -2.03. The summed E-state index contributed by atoms with van der Waals surface area (Å²) in [6.45, 7) is 4.34. The van der Waals surface area contributed by atoms with Gasteiger partial charge in [0.25, 0.3) is 0 Å². The van der Waals surface area contributed by atoms with Crippen LogP contribution in [0.2, 0.25) is 0 Å². The summed E-state index contributed by atoms with van der Waals surface area (Å²) in [6, 6.07) is 0. The number of hydrogen-bond acceptors (Lipinski definition) is 1. The minimum absolute atomic E-state index is 0.455. The van der Waals surface area contributed by atoms with Gasteiger partial charge in [-0.3, -0.25) is 0 Å². The highest BCUT2D eigenvalue weighted by molar-refractivity contribution is 4.48. The van der Waals surface area contributed by atoms with E-state index in [1.54, 1.807) is 7.11 Å². The van der Waals surface area contributed by atoms with Crippen LogP contribution in [-0.4, -0.2) is 13.2 Å². The molecule has 56 valence electrons. The Kier molecular flexibility index (Phi) is 6.06. The largest absolute Gasteiger partial charge is 0.382 e. The summed E-state index contributed by atoms with van der Waals surface area (Å²) < 4.78 is 5.10. The molecule has 0 heterocycles. The number of unbranched alkanes of at least 4 members (excludes halogenated alkanes) is 2. The zero-order valence-corrected chi connectivity index (χ0v) is 6.81. The van der Waals surface area contributed by atoms with E-state index in [1.165, 1.54) is 25.7 Å². The van der Waals surface area contributed by atoms with E-state index < -0.39 is 0 Å². The van der Waals surface area contributed by atoms with E-state index in [9.17, 15) is 0 Å². The number of rotatable bonds is 5. The van der Waals surface area contributed by atoms with Crippen LogP contribution in [0.1, 0.15) is 39.5 Å². The van der Waals surface area contributed by atoms with Gasteiger partial charge in [-0.25, -0.2) is 0 Å². The fourth-order valence-corrected chi connectivity index (χ4v) is 0.800. The van der Waals surface area contributed by atoms with Gasteiger partial charge in [-0.05, 0) is 13.3 Å². The number of ether oxygens (including phenoxy) is 1. The molecule has 0 N–H and O–H groups in total. The molecular formula is C8H18O. The maximum Gasteiger partial charge on any atom is 0.0543 e. The van der Waals surface area contributed by atoms with E-state index in [-0.39, 0.29) is 0 Å². The monoisotopic (exact) mass is 130 g/mol. The lowest BCUT2D eigenvalue weighted by atomic mass is 10.1. The van der Waals surface area contributed by atoms with Crippen LogP contribution in [0.5, 0.6) is 0 Å². The predicted octanol–water partition coefficient (Wildman–Crippen LogP) is 2.60. The fourth-order valence-electron chi connectivity index (χ4n) is 0.800. The zero-order valence-electron chi connectivity index (χ0n) is 6.81. The molecule has 1 atom stereocenters. The molecule has 0 saturated carbocycles. The lowest BCUT2D eigenvalue weighted by Gasteiger charge is -2.06. The summed E-state index contributed by atoms with van der Waals surface area (Å²) in [5.74, 6) is 0. The van der Waals surface area contributed by atoms with E-state index in [2.05, 4.69) is 13.8 Å². The highest BCUT2D eigenvalue weighted by Crippen LogP contribution is 2.04. The molecule has 0 saturated heterocycles. The maximum atomic E-state index is 5.10. The Morgan fingerprint density at radius 3 is 2.44 bits per heavy atom. The van der Waals surface area contributed by atoms with Crippen molar-refractivity contribution in [1.29, 1.82) is 0 Å². The highest BCUT2D eigenvalue weighted by Gasteiger charge is 1.96. The van der Waals surface area contributed by atoms with Crippen LogP contribution in [0, 0.1) is 0 Å². The Balaban J connectivity index is 2.88. The van der Waals surface area contributed by atoms with Crippen molar-refractivity contribution >= 4 is 0 Å². The van der Waals surface area contributed by atoms with Gasteiger partial charge in [0.1, 0.15) is 0 Å². The Morgan fingerprint density at radius 1 is 1.33 bits per heavy atom. The topological polar surface area (TPSA) is 9.23 Å². The van der Waals surface area contributed by atoms with E-state index in [4.69, 9.17) is 4.74 Å². The van der Waals surface area contributed by atoms with Gasteiger partial charge in [-0.2, -0.15) is 0 Å². The summed E-state index contributed by atoms with van der Waals surface area (Å²) in [6.07, 6.45) is 5.62. The fraction of sp³-hybridized carbons (Fsp3) is 1.00. The van der Waals surface area contributed by atoms with Crippen LogP contribution < -0.4 is 0 Å². The van der Waals surface area contributed by atoms with Crippen LogP contribution in [-0.2, 0) is 4.74 Å². The second-order valence-electron chi connectivity index (χ2n) is 2.54. The third-order valence-electron chi connectivity index (χ3n) is 1.62. The molecule has 0 aliphatic heterocycles.